The molecule has 0 atom stereocenters. The van der Waals surface area contributed by atoms with Crippen LogP contribution in [-0.2, 0) is 10.0 Å². The maximum Gasteiger partial charge on any atom is 0.345 e. The van der Waals surface area contributed by atoms with Crippen LogP contribution >= 0.6 is 0 Å². The van der Waals surface area contributed by atoms with Gasteiger partial charge in [-0.3, -0.25) is 10.1 Å². The first kappa shape index (κ1) is 18.1. The fourth-order valence-electron chi connectivity index (χ4n) is 2.19. The van der Waals surface area contributed by atoms with Crippen molar-refractivity contribution >= 4 is 27.5 Å². The fourth-order valence-corrected chi connectivity index (χ4v) is 3.41. The number of carbonyl (C=O) groups is 1. The number of ether oxygens (including phenoxy) is 1. The smallest absolute Gasteiger partial charge is 0.345 e. The molecule has 138 valence electrons. The van der Waals surface area contributed by atoms with Crippen molar-refractivity contribution in [2.75, 3.05) is 5.73 Å². The Labute approximate surface area is 153 Å². The second kappa shape index (κ2) is 6.88. The number of carbonyl (C=O) groups excluding carboxylic acids is 1. The number of rotatable bonds is 5. The Morgan fingerprint density at radius 3 is 2.48 bits per heavy atom. The largest absolute Gasteiger partial charge is 0.402 e. The van der Waals surface area contributed by atoms with E-state index in [2.05, 4.69) is 5.10 Å². The van der Waals surface area contributed by atoms with Crippen molar-refractivity contribution in [3.63, 3.8) is 0 Å². The van der Waals surface area contributed by atoms with Crippen molar-refractivity contribution in [3.8, 4) is 5.88 Å². The fraction of sp³-hybridized carbons (Fsp3) is 0. The van der Waals surface area contributed by atoms with Crippen molar-refractivity contribution in [1.82, 2.24) is 9.19 Å². The van der Waals surface area contributed by atoms with Gasteiger partial charge in [-0.1, -0.05) is 24.3 Å². The zero-order valence-electron chi connectivity index (χ0n) is 13.6. The maximum atomic E-state index is 12.5. The summed E-state index contributed by atoms with van der Waals surface area (Å²) in [6, 6.07) is 13.4. The molecule has 0 aliphatic rings. The van der Waals surface area contributed by atoms with Crippen LogP contribution in [0.1, 0.15) is 10.4 Å². The van der Waals surface area contributed by atoms with Crippen LogP contribution in [-0.4, -0.2) is 28.5 Å². The molecular weight excluding hydrogens is 376 g/mol. The van der Waals surface area contributed by atoms with Crippen LogP contribution in [0.25, 0.3) is 0 Å². The lowest BCUT2D eigenvalue weighted by Gasteiger charge is -2.05. The van der Waals surface area contributed by atoms with Crippen LogP contribution in [0.15, 0.2) is 65.6 Å². The number of nitrogens with two attached hydrogens (primary N) is 1. The Balaban J connectivity index is 1.88. The number of aromatic nitrogens is 2. The number of hydrogen-bond donors (Lipinski definition) is 1. The van der Waals surface area contributed by atoms with Crippen molar-refractivity contribution in [2.24, 2.45) is 0 Å². The molecule has 0 amide bonds. The van der Waals surface area contributed by atoms with E-state index in [1.165, 1.54) is 42.5 Å². The number of nitro benzene ring substituents is 1. The summed E-state index contributed by atoms with van der Waals surface area (Å²) in [4.78, 5) is 22.2. The first-order valence-electron chi connectivity index (χ1n) is 7.42. The number of nitro groups is 1. The van der Waals surface area contributed by atoms with E-state index in [0.717, 1.165) is 12.1 Å². The van der Waals surface area contributed by atoms with Crippen molar-refractivity contribution in [3.05, 3.63) is 76.3 Å². The minimum absolute atomic E-state index is 0.0450. The normalized spacial score (nSPS) is 11.1. The highest BCUT2D eigenvalue weighted by atomic mass is 32.2. The Morgan fingerprint density at radius 1 is 1.11 bits per heavy atom. The van der Waals surface area contributed by atoms with E-state index >= 15 is 0 Å². The zero-order valence-corrected chi connectivity index (χ0v) is 14.4. The predicted octanol–water partition coefficient (Wildman–Crippen LogP) is 1.83. The first-order valence-corrected chi connectivity index (χ1v) is 8.86. The molecule has 1 aromatic heterocycles. The van der Waals surface area contributed by atoms with Gasteiger partial charge >= 0.3 is 5.97 Å². The third-order valence-electron chi connectivity index (χ3n) is 3.44. The predicted molar refractivity (Wildman–Crippen MR) is 93.7 cm³/mol. The molecule has 3 aromatic rings. The molecule has 0 spiro atoms. The summed E-state index contributed by atoms with van der Waals surface area (Å²) >= 11 is 0. The Morgan fingerprint density at radius 2 is 1.81 bits per heavy atom. The molecule has 0 radical (unpaired) electrons. The number of nitrogen functional groups attached to an aromatic ring is 1. The monoisotopic (exact) mass is 388 g/mol. The average Bonchev–Trinajstić information content (AvgIpc) is 3.03. The molecule has 0 aliphatic heterocycles. The lowest BCUT2D eigenvalue weighted by Crippen LogP contribution is -2.17. The van der Waals surface area contributed by atoms with E-state index in [-0.39, 0.29) is 27.8 Å². The molecule has 3 rings (SSSR count). The summed E-state index contributed by atoms with van der Waals surface area (Å²) in [6.45, 7) is 0. The number of nitrogens with zero attached hydrogens (tertiary/aromatic N) is 3. The lowest BCUT2D eigenvalue weighted by molar-refractivity contribution is -0.384. The molecular formula is C16H12N4O6S. The van der Waals surface area contributed by atoms with Gasteiger partial charge in [-0.2, -0.15) is 8.42 Å². The van der Waals surface area contributed by atoms with Gasteiger partial charge in [0.25, 0.3) is 15.7 Å². The van der Waals surface area contributed by atoms with E-state index in [1.54, 1.807) is 6.07 Å². The van der Waals surface area contributed by atoms with E-state index in [9.17, 15) is 23.3 Å². The molecule has 10 nitrogen and oxygen atoms in total. The first-order chi connectivity index (χ1) is 12.8. The molecule has 0 bridgehead atoms. The van der Waals surface area contributed by atoms with Crippen molar-refractivity contribution in [1.29, 1.82) is 0 Å². The summed E-state index contributed by atoms with van der Waals surface area (Å²) < 4.78 is 30.6. The molecule has 0 unspecified atom stereocenters. The Kier molecular flexibility index (Phi) is 4.60. The van der Waals surface area contributed by atoms with Crippen molar-refractivity contribution < 1.29 is 22.9 Å². The number of hydrogen-bond acceptors (Lipinski definition) is 8. The Hall–Kier alpha value is -3.73. The highest BCUT2D eigenvalue weighted by Crippen LogP contribution is 2.22. The molecule has 27 heavy (non-hydrogen) atoms. The molecule has 2 N–H and O–H groups in total. The molecule has 0 saturated heterocycles. The van der Waals surface area contributed by atoms with Gasteiger partial charge in [-0.25, -0.2) is 4.79 Å². The number of anilines is 1. The van der Waals surface area contributed by atoms with Gasteiger partial charge in [0, 0.05) is 18.2 Å². The molecule has 1 heterocycles. The van der Waals surface area contributed by atoms with E-state index < -0.39 is 20.9 Å². The molecule has 0 fully saturated rings. The lowest BCUT2D eigenvalue weighted by atomic mass is 10.2. The third kappa shape index (κ3) is 3.62. The summed E-state index contributed by atoms with van der Waals surface area (Å²) in [7, 11) is -4.07. The van der Waals surface area contributed by atoms with Gasteiger partial charge < -0.3 is 10.5 Å². The SMILES string of the molecule is Nc1cc(OC(=O)c2cccc([N+](=O)[O-])c2)nn1S(=O)(=O)c1ccccc1. The number of esters is 1. The van der Waals surface area contributed by atoms with E-state index in [4.69, 9.17) is 10.5 Å². The van der Waals surface area contributed by atoms with Gasteiger partial charge in [0.15, 0.2) is 0 Å². The molecule has 0 aliphatic carbocycles. The summed E-state index contributed by atoms with van der Waals surface area (Å²) in [5, 5.41) is 14.5. The van der Waals surface area contributed by atoms with Gasteiger partial charge in [-0.15, -0.1) is 9.19 Å². The average molecular weight is 388 g/mol. The maximum absolute atomic E-state index is 12.5. The van der Waals surface area contributed by atoms with Gasteiger partial charge in [-0.05, 0) is 18.2 Å². The molecule has 11 heteroatoms. The van der Waals surface area contributed by atoms with Crippen LogP contribution in [0.2, 0.25) is 0 Å². The summed E-state index contributed by atoms with van der Waals surface area (Å²) in [6.07, 6.45) is 0. The minimum Gasteiger partial charge on any atom is -0.402 e. The minimum atomic E-state index is -4.07. The third-order valence-corrected chi connectivity index (χ3v) is 5.06. The second-order valence-electron chi connectivity index (χ2n) is 5.27. The standard InChI is InChI=1S/C16H12N4O6S/c17-14-10-15(18-19(14)27(24,25)13-7-2-1-3-8-13)26-16(21)11-5-4-6-12(9-11)20(22)23/h1-10H,17H2. The summed E-state index contributed by atoms with van der Waals surface area (Å²) in [5.41, 5.74) is 5.30. The van der Waals surface area contributed by atoms with Gasteiger partial charge in [0.05, 0.1) is 15.4 Å². The van der Waals surface area contributed by atoms with Gasteiger partial charge in [0.1, 0.15) is 5.82 Å². The van der Waals surface area contributed by atoms with E-state index in [0.29, 0.717) is 4.09 Å². The highest BCUT2D eigenvalue weighted by molar-refractivity contribution is 7.90. The molecule has 2 aromatic carbocycles. The van der Waals surface area contributed by atoms with Crippen LogP contribution in [0.5, 0.6) is 5.88 Å². The zero-order chi connectivity index (χ0) is 19.6. The van der Waals surface area contributed by atoms with Crippen molar-refractivity contribution in [2.45, 2.75) is 4.90 Å². The topological polar surface area (TPSA) is 147 Å². The van der Waals surface area contributed by atoms with Crippen LogP contribution < -0.4 is 10.5 Å². The Bertz CT molecular complexity index is 1120. The van der Waals surface area contributed by atoms with Gasteiger partial charge in [0.2, 0.25) is 5.88 Å². The number of benzene rings is 2. The van der Waals surface area contributed by atoms with Crippen LogP contribution in [0, 0.1) is 10.1 Å². The summed E-state index contributed by atoms with van der Waals surface area (Å²) in [5.74, 6) is -1.57. The highest BCUT2D eigenvalue weighted by Gasteiger charge is 2.23. The quantitative estimate of drug-likeness (QED) is 0.395. The van der Waals surface area contributed by atoms with Crippen LogP contribution in [0.4, 0.5) is 11.5 Å². The molecule has 0 saturated carbocycles. The second-order valence-corrected chi connectivity index (χ2v) is 7.03. The van der Waals surface area contributed by atoms with E-state index in [1.807, 2.05) is 0 Å². The number of non-ortho nitro benzene ring substituents is 1. The van der Waals surface area contributed by atoms with Crippen LogP contribution in [0.3, 0.4) is 0 Å².